The average Bonchev–Trinajstić information content (AvgIpc) is 3.49. The van der Waals surface area contributed by atoms with E-state index in [1.165, 1.54) is 25.7 Å². The molecule has 4 saturated carbocycles. The van der Waals surface area contributed by atoms with Gasteiger partial charge in [0.2, 0.25) is 0 Å². The number of carbonyl (C=O) groups excluding carboxylic acids is 3. The van der Waals surface area contributed by atoms with Crippen LogP contribution in [-0.4, -0.2) is 88.0 Å². The summed E-state index contributed by atoms with van der Waals surface area (Å²) < 4.78 is 25.8. The van der Waals surface area contributed by atoms with E-state index in [1.54, 1.807) is 0 Å². The third-order valence-electron chi connectivity index (χ3n) is 15.9. The molecule has 276 valence electrons. The van der Waals surface area contributed by atoms with Crippen molar-refractivity contribution in [1.29, 1.82) is 0 Å². The number of fused-ring (bicyclic) bond motifs is 7. The van der Waals surface area contributed by atoms with E-state index < -0.39 is 59.3 Å². The maximum absolute atomic E-state index is 12.8. The summed E-state index contributed by atoms with van der Waals surface area (Å²) in [7, 11) is 0. The molecule has 0 aromatic heterocycles. The first-order valence-corrected chi connectivity index (χ1v) is 19.2. The summed E-state index contributed by atoms with van der Waals surface area (Å²) >= 11 is 0. The Morgan fingerprint density at radius 1 is 0.776 bits per heavy atom. The second kappa shape index (κ2) is 12.4. The summed E-state index contributed by atoms with van der Waals surface area (Å²) in [5.41, 5.74) is -1.88. The molecule has 1 spiro atoms. The molecule has 0 unspecified atom stereocenters. The Kier molecular flexibility index (Phi) is 9.15. The van der Waals surface area contributed by atoms with Crippen molar-refractivity contribution in [3.8, 4) is 0 Å². The Morgan fingerprint density at radius 2 is 1.45 bits per heavy atom. The van der Waals surface area contributed by atoms with Gasteiger partial charge in [-0.15, -0.1) is 0 Å². The SMILES string of the molecule is CC(=O)C(C(C)=O)(C(C)=O)[C@H]1O[C@@H](O[C@H]2CC[C@@]3(C)[C@@H](CC[C@@H]4[C@@H]3CC[C@]3(C)[C@@H]5[C@H](C[C@@H]43)O[C@]3(CC[C@@H](C)CO3)[C@H]5C)C2)[C@H](O)[C@@H](O)[C@H]1O. The third-order valence-corrected chi connectivity index (χ3v) is 15.9. The summed E-state index contributed by atoms with van der Waals surface area (Å²) in [6, 6.07) is 0. The standard InChI is InChI=1S/C39H60O10/c1-19-10-15-38(46-18-19)20(2)30-29(49-38)17-28-26-9-8-24-16-25(11-13-36(24,6)27(26)12-14-37(28,30)7)47-35-33(45)31(43)32(44)34(48-35)39(21(3)40,22(4)41)23(5)42/h19-20,24-35,43-45H,8-18H2,1-7H3/t19-,20+,24+,25+,26-,27+,28+,29+,30+,31+,32-,33-,34+,35-,36+,37+,38-/m1/s1. The highest BCUT2D eigenvalue weighted by molar-refractivity contribution is 6.23. The Labute approximate surface area is 291 Å². The molecular formula is C39H60O10. The van der Waals surface area contributed by atoms with E-state index in [4.69, 9.17) is 18.9 Å². The number of hydrogen-bond donors (Lipinski definition) is 3. The van der Waals surface area contributed by atoms with E-state index in [1.807, 2.05) is 0 Å². The largest absolute Gasteiger partial charge is 0.388 e. The Hall–Kier alpha value is -1.27. The molecule has 3 aliphatic heterocycles. The van der Waals surface area contributed by atoms with Crippen LogP contribution in [-0.2, 0) is 33.3 Å². The van der Waals surface area contributed by atoms with E-state index in [9.17, 15) is 29.7 Å². The fourth-order valence-corrected chi connectivity index (χ4v) is 13.2. The van der Waals surface area contributed by atoms with Gasteiger partial charge in [0.25, 0.3) is 0 Å². The van der Waals surface area contributed by atoms with E-state index in [-0.39, 0.29) is 23.0 Å². The van der Waals surface area contributed by atoms with Crippen LogP contribution in [0.2, 0.25) is 0 Å². The van der Waals surface area contributed by atoms with Gasteiger partial charge in [0.05, 0.1) is 18.8 Å². The van der Waals surface area contributed by atoms with Crippen molar-refractivity contribution in [2.75, 3.05) is 6.61 Å². The maximum Gasteiger partial charge on any atom is 0.186 e. The molecule has 0 aromatic rings. The van der Waals surface area contributed by atoms with Gasteiger partial charge in [0, 0.05) is 12.3 Å². The molecule has 4 aliphatic carbocycles. The van der Waals surface area contributed by atoms with E-state index in [0.29, 0.717) is 41.4 Å². The molecule has 3 N–H and O–H groups in total. The van der Waals surface area contributed by atoms with Crippen LogP contribution >= 0.6 is 0 Å². The number of ether oxygens (including phenoxy) is 4. The van der Waals surface area contributed by atoms with Crippen LogP contribution in [0.3, 0.4) is 0 Å². The van der Waals surface area contributed by atoms with Crippen molar-refractivity contribution in [3.05, 3.63) is 0 Å². The van der Waals surface area contributed by atoms with Crippen molar-refractivity contribution in [2.24, 2.45) is 57.7 Å². The van der Waals surface area contributed by atoms with Gasteiger partial charge in [-0.25, -0.2) is 0 Å². The lowest BCUT2D eigenvalue weighted by atomic mass is 9.44. The van der Waals surface area contributed by atoms with Crippen molar-refractivity contribution in [3.63, 3.8) is 0 Å². The molecule has 10 heteroatoms. The van der Waals surface area contributed by atoms with Crippen molar-refractivity contribution in [1.82, 2.24) is 0 Å². The number of aliphatic hydroxyl groups excluding tert-OH is 3. The van der Waals surface area contributed by atoms with Crippen LogP contribution < -0.4 is 0 Å². The molecule has 10 nitrogen and oxygen atoms in total. The molecule has 0 amide bonds. The smallest absolute Gasteiger partial charge is 0.186 e. The highest BCUT2D eigenvalue weighted by Gasteiger charge is 2.69. The van der Waals surface area contributed by atoms with Gasteiger partial charge >= 0.3 is 0 Å². The number of ketones is 3. The van der Waals surface area contributed by atoms with Gasteiger partial charge in [0.1, 0.15) is 24.4 Å². The summed E-state index contributed by atoms with van der Waals surface area (Å²) in [5, 5.41) is 32.6. The second-order valence-electron chi connectivity index (χ2n) is 18.1. The van der Waals surface area contributed by atoms with Gasteiger partial charge in [-0.1, -0.05) is 27.7 Å². The van der Waals surface area contributed by atoms with E-state index in [0.717, 1.165) is 65.9 Å². The van der Waals surface area contributed by atoms with Crippen LogP contribution in [0.4, 0.5) is 0 Å². The van der Waals surface area contributed by atoms with E-state index in [2.05, 4.69) is 27.7 Å². The van der Waals surface area contributed by atoms with Gasteiger partial charge < -0.3 is 34.3 Å². The highest BCUT2D eigenvalue weighted by atomic mass is 16.7. The topological polar surface area (TPSA) is 149 Å². The Balaban J connectivity index is 1.04. The highest BCUT2D eigenvalue weighted by Crippen LogP contribution is 2.71. The van der Waals surface area contributed by atoms with Crippen LogP contribution in [0.15, 0.2) is 0 Å². The molecule has 0 radical (unpaired) electrons. The molecule has 7 rings (SSSR count). The number of rotatable bonds is 6. The Bertz CT molecular complexity index is 1290. The predicted molar refractivity (Wildman–Crippen MR) is 178 cm³/mol. The minimum Gasteiger partial charge on any atom is -0.388 e. The molecule has 17 atom stereocenters. The molecule has 7 fully saturated rings. The van der Waals surface area contributed by atoms with Gasteiger partial charge in [-0.05, 0) is 125 Å². The van der Waals surface area contributed by atoms with E-state index >= 15 is 0 Å². The van der Waals surface area contributed by atoms with Crippen molar-refractivity contribution < 1.29 is 48.7 Å². The fraction of sp³-hybridized carbons (Fsp3) is 0.923. The molecule has 7 aliphatic rings. The third kappa shape index (κ3) is 5.15. The number of aliphatic hydroxyl groups is 3. The lowest BCUT2D eigenvalue weighted by Crippen LogP contribution is -2.67. The zero-order chi connectivity index (χ0) is 35.4. The Morgan fingerprint density at radius 3 is 2.08 bits per heavy atom. The molecule has 0 bridgehead atoms. The van der Waals surface area contributed by atoms with Crippen molar-refractivity contribution >= 4 is 17.3 Å². The minimum atomic E-state index is -2.30. The zero-order valence-corrected chi connectivity index (χ0v) is 30.6. The van der Waals surface area contributed by atoms with Gasteiger partial charge in [-0.2, -0.15) is 0 Å². The first-order valence-electron chi connectivity index (χ1n) is 19.2. The molecule has 3 saturated heterocycles. The van der Waals surface area contributed by atoms with Crippen LogP contribution in [0.5, 0.6) is 0 Å². The minimum absolute atomic E-state index is 0.162. The molecular weight excluding hydrogens is 628 g/mol. The number of hydrogen-bond acceptors (Lipinski definition) is 10. The number of carbonyl (C=O) groups is 3. The lowest BCUT2D eigenvalue weighted by Gasteiger charge is -2.61. The monoisotopic (exact) mass is 688 g/mol. The summed E-state index contributed by atoms with van der Waals surface area (Å²) in [6.07, 6.45) is 2.24. The first-order chi connectivity index (χ1) is 23.0. The fourth-order valence-electron chi connectivity index (χ4n) is 13.2. The lowest BCUT2D eigenvalue weighted by molar-refractivity contribution is -0.321. The summed E-state index contributed by atoms with van der Waals surface area (Å²) in [6.45, 7) is 13.8. The van der Waals surface area contributed by atoms with Gasteiger partial charge in [-0.3, -0.25) is 14.4 Å². The van der Waals surface area contributed by atoms with Crippen LogP contribution in [0, 0.1) is 57.7 Å². The molecule has 3 heterocycles. The van der Waals surface area contributed by atoms with Crippen LogP contribution in [0.1, 0.15) is 113 Å². The quantitative estimate of drug-likeness (QED) is 0.271. The summed E-state index contributed by atoms with van der Waals surface area (Å²) in [4.78, 5) is 38.4. The zero-order valence-electron chi connectivity index (χ0n) is 30.6. The molecule has 49 heavy (non-hydrogen) atoms. The number of Topliss-reactive ketones (excluding diaryl/α,β-unsaturated/α-hetero) is 3. The predicted octanol–water partition coefficient (Wildman–Crippen LogP) is 4.38. The maximum atomic E-state index is 12.8. The molecule has 0 aromatic carbocycles. The normalized spacial score (nSPS) is 52.5. The van der Waals surface area contributed by atoms with Crippen LogP contribution in [0.25, 0.3) is 0 Å². The average molecular weight is 689 g/mol. The van der Waals surface area contributed by atoms with Gasteiger partial charge in [0.15, 0.2) is 34.8 Å². The first kappa shape index (κ1) is 36.1. The second-order valence-corrected chi connectivity index (χ2v) is 18.1. The van der Waals surface area contributed by atoms with Crippen molar-refractivity contribution in [2.45, 2.75) is 161 Å². The summed E-state index contributed by atoms with van der Waals surface area (Å²) in [5.74, 6) is 1.15.